The van der Waals surface area contributed by atoms with Gasteiger partial charge in [0.25, 0.3) is 0 Å². The summed E-state index contributed by atoms with van der Waals surface area (Å²) in [6, 6.07) is 9.23. The molecular weight excluding hydrogens is 646 g/mol. The van der Waals surface area contributed by atoms with Crippen molar-refractivity contribution in [2.24, 2.45) is 29.1 Å². The number of benzene rings is 1. The smallest absolute Gasteiger partial charge is 0.303 e. The number of halogens is 1. The van der Waals surface area contributed by atoms with Crippen molar-refractivity contribution in [3.8, 4) is 0 Å². The van der Waals surface area contributed by atoms with E-state index in [-0.39, 0.29) is 5.92 Å². The number of ether oxygens (including phenoxy) is 3. The van der Waals surface area contributed by atoms with E-state index >= 15 is 0 Å². The van der Waals surface area contributed by atoms with E-state index in [1.165, 1.54) is 20.8 Å². The molecule has 2 unspecified atom stereocenters. The Hall–Kier alpha value is -3.28. The van der Waals surface area contributed by atoms with Crippen LogP contribution in [0.4, 0.5) is 0 Å². The molecule has 1 aliphatic heterocycles. The number of carbonyl (C=O) groups is 4. The van der Waals surface area contributed by atoms with Gasteiger partial charge >= 0.3 is 17.9 Å². The molecule has 2 aliphatic carbocycles. The molecule has 3 aliphatic rings. The number of allylic oxidation sites excluding steroid dienone is 1. The van der Waals surface area contributed by atoms with Gasteiger partial charge in [-0.1, -0.05) is 62.9 Å². The third kappa shape index (κ3) is 7.57. The average Bonchev–Trinajstić information content (AvgIpc) is 3.28. The second-order valence-corrected chi connectivity index (χ2v) is 14.4. The van der Waals surface area contributed by atoms with Crippen LogP contribution in [-0.2, 0) is 55.1 Å². The molecule has 1 N–H and O–H groups in total. The summed E-state index contributed by atoms with van der Waals surface area (Å²) in [6.07, 6.45) is 1.79. The first-order valence-corrected chi connectivity index (χ1v) is 17.5. The van der Waals surface area contributed by atoms with Crippen LogP contribution < -0.4 is 5.32 Å². The van der Waals surface area contributed by atoms with E-state index in [9.17, 15) is 23.4 Å². The molecule has 1 heterocycles. The standard InChI is InChI=1S/C35H44ClNO9S/c1-19-12-11-15-27-32(44-24(6)39)22(4)21(3)30-28(17-26-13-9-8-10-14-26)37-34(41)35(27,30)33(45-25(7)40)29(46-47(42)18-36)16-20(2)31(19)43-23(5)38/h8-11,13-16,19,21,27-33H,4,12,17-18H2,1-3,5-7H3,(H,37,41)/b15-11+,20-16+/t19-,21+,27-,28-,29?,30-,31-,32+,33+,35-,47?/m0/s1. The highest BCUT2D eigenvalue weighted by atomic mass is 35.5. The molecule has 12 heteroatoms. The minimum absolute atomic E-state index is 0.247. The normalized spacial score (nSPS) is 36.2. The summed E-state index contributed by atoms with van der Waals surface area (Å²) in [5, 5.41) is 2.81. The zero-order valence-electron chi connectivity index (χ0n) is 27.6. The fourth-order valence-electron chi connectivity index (χ4n) is 7.80. The molecule has 1 amide bonds. The third-order valence-corrected chi connectivity index (χ3v) is 10.7. The summed E-state index contributed by atoms with van der Waals surface area (Å²) in [7, 11) is 0. The van der Waals surface area contributed by atoms with Crippen molar-refractivity contribution in [3.63, 3.8) is 0 Å². The van der Waals surface area contributed by atoms with Crippen LogP contribution in [-0.4, -0.2) is 63.7 Å². The highest BCUT2D eigenvalue weighted by molar-refractivity contribution is 7.81. The predicted octanol–water partition coefficient (Wildman–Crippen LogP) is 4.73. The average molecular weight is 690 g/mol. The quantitative estimate of drug-likeness (QED) is 0.178. The van der Waals surface area contributed by atoms with E-state index < -0.39 is 93.7 Å². The van der Waals surface area contributed by atoms with Gasteiger partial charge in [0.15, 0.2) is 11.1 Å². The van der Waals surface area contributed by atoms with Crippen LogP contribution in [0, 0.1) is 29.1 Å². The van der Waals surface area contributed by atoms with Gasteiger partial charge in [0.2, 0.25) is 5.91 Å². The van der Waals surface area contributed by atoms with Gasteiger partial charge in [-0.05, 0) is 48.5 Å². The first-order valence-electron chi connectivity index (χ1n) is 15.7. The van der Waals surface area contributed by atoms with E-state index in [1.807, 2.05) is 56.3 Å². The van der Waals surface area contributed by atoms with Gasteiger partial charge in [0, 0.05) is 44.6 Å². The van der Waals surface area contributed by atoms with Gasteiger partial charge in [-0.15, -0.1) is 11.6 Å². The molecule has 1 aromatic rings. The molecule has 4 rings (SSSR count). The minimum atomic E-state index is -2.07. The number of rotatable bonds is 8. The second kappa shape index (κ2) is 15.3. The van der Waals surface area contributed by atoms with Gasteiger partial charge in [-0.3, -0.25) is 23.4 Å². The Morgan fingerprint density at radius 1 is 1.02 bits per heavy atom. The SMILES string of the molecule is C=C1[C@@H](C)[C@H]2[C@H](Cc3ccccc3)NC(=O)[C@]23[C@H](OC(C)=O)C(OS(=O)CCl)/C=C(\C)[C@@H](OC(C)=O)[C@@H](C)C/C=C/[C@H]3[C@@H]1OC(C)=O. The maximum atomic E-state index is 14.9. The van der Waals surface area contributed by atoms with E-state index in [4.69, 9.17) is 30.0 Å². The van der Waals surface area contributed by atoms with Crippen LogP contribution in [0.1, 0.15) is 53.5 Å². The zero-order valence-corrected chi connectivity index (χ0v) is 29.2. The Labute approximate surface area is 283 Å². The molecule has 11 atom stereocenters. The van der Waals surface area contributed by atoms with E-state index in [0.29, 0.717) is 24.0 Å². The number of alkyl halides is 1. The molecule has 10 nitrogen and oxygen atoms in total. The molecule has 0 aromatic heterocycles. The Balaban J connectivity index is 2.07. The summed E-state index contributed by atoms with van der Waals surface area (Å²) in [6.45, 7) is 13.8. The number of hydrogen-bond acceptors (Lipinski definition) is 9. The Kier molecular flexibility index (Phi) is 11.9. The van der Waals surface area contributed by atoms with Crippen molar-refractivity contribution in [3.05, 3.63) is 71.8 Å². The Morgan fingerprint density at radius 2 is 1.64 bits per heavy atom. The fourth-order valence-corrected chi connectivity index (χ4v) is 8.41. The molecule has 1 aromatic carbocycles. The highest BCUT2D eigenvalue weighted by Crippen LogP contribution is 2.60. The van der Waals surface area contributed by atoms with Crippen LogP contribution in [0.2, 0.25) is 0 Å². The van der Waals surface area contributed by atoms with Crippen LogP contribution in [0.25, 0.3) is 0 Å². The maximum absolute atomic E-state index is 14.9. The molecule has 0 bridgehead atoms. The Bertz CT molecular complexity index is 1460. The maximum Gasteiger partial charge on any atom is 0.303 e. The van der Waals surface area contributed by atoms with Crippen molar-refractivity contribution in [2.75, 3.05) is 5.21 Å². The van der Waals surface area contributed by atoms with Crippen LogP contribution in [0.3, 0.4) is 0 Å². The predicted molar refractivity (Wildman–Crippen MR) is 177 cm³/mol. The summed E-state index contributed by atoms with van der Waals surface area (Å²) >= 11 is 3.90. The zero-order chi connectivity index (χ0) is 34.6. The van der Waals surface area contributed by atoms with Crippen LogP contribution in [0.15, 0.2) is 66.3 Å². The first-order chi connectivity index (χ1) is 22.2. The number of hydrogen-bond donors (Lipinski definition) is 1. The van der Waals surface area contributed by atoms with Crippen molar-refractivity contribution in [1.82, 2.24) is 5.32 Å². The molecule has 1 saturated heterocycles. The molecule has 2 fully saturated rings. The monoisotopic (exact) mass is 689 g/mol. The Morgan fingerprint density at radius 3 is 2.23 bits per heavy atom. The highest BCUT2D eigenvalue weighted by Gasteiger charge is 2.71. The second-order valence-electron chi connectivity index (χ2n) is 12.7. The molecule has 256 valence electrons. The van der Waals surface area contributed by atoms with E-state index in [2.05, 4.69) is 11.9 Å². The van der Waals surface area contributed by atoms with Gasteiger partial charge in [0.1, 0.15) is 35.0 Å². The van der Waals surface area contributed by atoms with Crippen LogP contribution >= 0.6 is 11.6 Å². The van der Waals surface area contributed by atoms with E-state index in [0.717, 1.165) is 5.56 Å². The number of nitrogens with one attached hydrogen (secondary N) is 1. The fraction of sp³-hybridized carbons (Fsp3) is 0.543. The van der Waals surface area contributed by atoms with Crippen molar-refractivity contribution in [2.45, 2.75) is 84.8 Å². The lowest BCUT2D eigenvalue weighted by Gasteiger charge is -2.54. The summed E-state index contributed by atoms with van der Waals surface area (Å²) in [5.41, 5.74) is 0.531. The molecular formula is C35H44ClNO9S. The molecule has 1 saturated carbocycles. The molecule has 47 heavy (non-hydrogen) atoms. The lowest BCUT2D eigenvalue weighted by atomic mass is 9.51. The molecule has 0 radical (unpaired) electrons. The first kappa shape index (κ1) is 36.6. The van der Waals surface area contributed by atoms with Gasteiger partial charge in [0.05, 0.1) is 0 Å². The third-order valence-electron chi connectivity index (χ3n) is 9.56. The van der Waals surface area contributed by atoms with Crippen molar-refractivity contribution >= 4 is 46.5 Å². The van der Waals surface area contributed by atoms with Crippen LogP contribution in [0.5, 0.6) is 0 Å². The van der Waals surface area contributed by atoms with Crippen molar-refractivity contribution < 1.29 is 41.8 Å². The number of esters is 3. The number of amides is 1. The largest absolute Gasteiger partial charge is 0.458 e. The lowest BCUT2D eigenvalue weighted by Crippen LogP contribution is -2.64. The molecule has 1 spiro atoms. The van der Waals surface area contributed by atoms with E-state index in [1.54, 1.807) is 13.0 Å². The van der Waals surface area contributed by atoms with Gasteiger partial charge < -0.3 is 19.5 Å². The topological polar surface area (TPSA) is 134 Å². The van der Waals surface area contributed by atoms with Gasteiger partial charge in [-0.2, -0.15) is 0 Å². The van der Waals surface area contributed by atoms with Crippen molar-refractivity contribution in [1.29, 1.82) is 0 Å². The summed E-state index contributed by atoms with van der Waals surface area (Å²) in [4.78, 5) is 52.7. The minimum Gasteiger partial charge on any atom is -0.458 e. The lowest BCUT2D eigenvalue weighted by molar-refractivity contribution is -0.186. The van der Waals surface area contributed by atoms with Gasteiger partial charge in [-0.25, -0.2) is 4.21 Å². The number of carbonyl (C=O) groups excluding carboxylic acids is 4. The summed E-state index contributed by atoms with van der Waals surface area (Å²) < 4.78 is 36.9. The summed E-state index contributed by atoms with van der Waals surface area (Å²) in [5.74, 6) is -4.31.